The molecule has 2 heterocycles. The second kappa shape index (κ2) is 6.97. The van der Waals surface area contributed by atoms with Crippen LogP contribution in [0.2, 0.25) is 0 Å². The molecule has 2 unspecified atom stereocenters. The van der Waals surface area contributed by atoms with Crippen LogP contribution in [0.5, 0.6) is 0 Å². The summed E-state index contributed by atoms with van der Waals surface area (Å²) in [5.41, 5.74) is -0.412. The van der Waals surface area contributed by atoms with Crippen LogP contribution in [0.15, 0.2) is 0 Å². The van der Waals surface area contributed by atoms with E-state index in [2.05, 4.69) is 17.3 Å². The zero-order valence-electron chi connectivity index (χ0n) is 14.0. The summed E-state index contributed by atoms with van der Waals surface area (Å²) in [6, 6.07) is 0.938. The van der Waals surface area contributed by atoms with Gasteiger partial charge in [0, 0.05) is 31.7 Å². The number of carbonyl (C=O) groups excluding carboxylic acids is 1. The molecule has 21 heavy (non-hydrogen) atoms. The molecule has 2 saturated heterocycles. The minimum atomic E-state index is -0.412. The lowest BCUT2D eigenvalue weighted by Crippen LogP contribution is -2.46. The Balaban J connectivity index is 1.75. The molecule has 1 N–H and O–H groups in total. The van der Waals surface area contributed by atoms with E-state index in [1.54, 1.807) is 0 Å². The molecular formula is C16H31N3O2. The van der Waals surface area contributed by atoms with Gasteiger partial charge in [-0.2, -0.15) is 0 Å². The van der Waals surface area contributed by atoms with Crippen molar-refractivity contribution in [3.8, 4) is 0 Å². The fourth-order valence-electron chi connectivity index (χ4n) is 3.26. The van der Waals surface area contributed by atoms with Crippen LogP contribution in [0, 0.1) is 0 Å². The molecule has 1 amide bonds. The molecule has 2 fully saturated rings. The van der Waals surface area contributed by atoms with E-state index in [4.69, 9.17) is 4.74 Å². The van der Waals surface area contributed by atoms with Gasteiger partial charge in [-0.15, -0.1) is 0 Å². The van der Waals surface area contributed by atoms with Crippen LogP contribution < -0.4 is 5.32 Å². The van der Waals surface area contributed by atoms with Crippen molar-refractivity contribution in [2.24, 2.45) is 0 Å². The van der Waals surface area contributed by atoms with Crippen LogP contribution >= 0.6 is 0 Å². The number of rotatable bonds is 4. The molecule has 2 atom stereocenters. The Morgan fingerprint density at radius 3 is 2.38 bits per heavy atom. The molecule has 122 valence electrons. The average molecular weight is 297 g/mol. The normalized spacial score (nSPS) is 27.3. The van der Waals surface area contributed by atoms with E-state index in [-0.39, 0.29) is 12.1 Å². The second-order valence-electron chi connectivity index (χ2n) is 7.40. The molecule has 2 aliphatic rings. The van der Waals surface area contributed by atoms with E-state index in [0.717, 1.165) is 32.5 Å². The largest absolute Gasteiger partial charge is 0.444 e. The lowest BCUT2D eigenvalue weighted by molar-refractivity contribution is 0.0226. The van der Waals surface area contributed by atoms with Crippen LogP contribution in [0.25, 0.3) is 0 Å². The predicted molar refractivity (Wildman–Crippen MR) is 84.5 cm³/mol. The highest BCUT2D eigenvalue weighted by molar-refractivity contribution is 5.69. The van der Waals surface area contributed by atoms with Gasteiger partial charge in [-0.1, -0.05) is 0 Å². The van der Waals surface area contributed by atoms with E-state index in [1.165, 1.54) is 19.4 Å². The number of carbonyl (C=O) groups is 1. The Bertz CT molecular complexity index is 354. The van der Waals surface area contributed by atoms with Gasteiger partial charge in [0.05, 0.1) is 0 Å². The zero-order chi connectivity index (χ0) is 15.5. The van der Waals surface area contributed by atoms with Crippen LogP contribution in [0.1, 0.15) is 46.5 Å². The Morgan fingerprint density at radius 2 is 1.76 bits per heavy atom. The second-order valence-corrected chi connectivity index (χ2v) is 7.40. The molecule has 5 heteroatoms. The van der Waals surface area contributed by atoms with E-state index >= 15 is 0 Å². The maximum atomic E-state index is 12.2. The van der Waals surface area contributed by atoms with Crippen molar-refractivity contribution < 1.29 is 9.53 Å². The summed E-state index contributed by atoms with van der Waals surface area (Å²) in [4.78, 5) is 16.5. The van der Waals surface area contributed by atoms with Crippen molar-refractivity contribution in [1.82, 2.24) is 15.1 Å². The molecular weight excluding hydrogens is 266 g/mol. The van der Waals surface area contributed by atoms with Crippen molar-refractivity contribution in [1.29, 1.82) is 0 Å². The number of nitrogens with zero attached hydrogens (tertiary/aromatic N) is 2. The van der Waals surface area contributed by atoms with Crippen LogP contribution in [-0.2, 0) is 4.74 Å². The molecule has 0 spiro atoms. The lowest BCUT2D eigenvalue weighted by atomic mass is 10.2. The first kappa shape index (κ1) is 16.6. The highest BCUT2D eigenvalue weighted by atomic mass is 16.6. The molecule has 0 bridgehead atoms. The van der Waals surface area contributed by atoms with Gasteiger partial charge >= 0.3 is 6.09 Å². The van der Waals surface area contributed by atoms with E-state index in [1.807, 2.05) is 25.7 Å². The number of nitrogens with one attached hydrogen (secondary N) is 1. The lowest BCUT2D eigenvalue weighted by Gasteiger charge is -2.29. The quantitative estimate of drug-likeness (QED) is 0.863. The summed E-state index contributed by atoms with van der Waals surface area (Å²) in [5, 5.41) is 3.56. The van der Waals surface area contributed by atoms with Crippen LogP contribution in [0.3, 0.4) is 0 Å². The van der Waals surface area contributed by atoms with Gasteiger partial charge in [-0.05, 0) is 60.0 Å². The monoisotopic (exact) mass is 297 g/mol. The Labute approximate surface area is 129 Å². The third kappa shape index (κ3) is 4.85. The fraction of sp³-hybridized carbons (Fsp3) is 0.938. The number of likely N-dealkylation sites (tertiary alicyclic amines) is 2. The number of hydrogen-bond acceptors (Lipinski definition) is 4. The summed E-state index contributed by atoms with van der Waals surface area (Å²) in [5.74, 6) is 0. The van der Waals surface area contributed by atoms with Gasteiger partial charge in [-0.3, -0.25) is 0 Å². The molecule has 0 saturated carbocycles. The number of ether oxygens (including phenoxy) is 1. The van der Waals surface area contributed by atoms with E-state index in [9.17, 15) is 4.79 Å². The van der Waals surface area contributed by atoms with Gasteiger partial charge in [0.15, 0.2) is 0 Å². The highest BCUT2D eigenvalue weighted by Gasteiger charge is 2.32. The molecule has 5 nitrogen and oxygen atoms in total. The Morgan fingerprint density at radius 1 is 1.14 bits per heavy atom. The SMILES string of the molecule is CN1CCCC1CNCC1CCCN1C(=O)OC(C)(C)C. The summed E-state index contributed by atoms with van der Waals surface area (Å²) in [7, 11) is 2.20. The third-order valence-electron chi connectivity index (χ3n) is 4.44. The first-order chi connectivity index (χ1) is 9.87. The fourth-order valence-corrected chi connectivity index (χ4v) is 3.26. The van der Waals surface area contributed by atoms with Crippen LogP contribution in [0.4, 0.5) is 4.79 Å². The summed E-state index contributed by atoms with van der Waals surface area (Å²) in [6.07, 6.45) is 4.58. The van der Waals surface area contributed by atoms with E-state index < -0.39 is 5.60 Å². The number of hydrogen-bond donors (Lipinski definition) is 1. The summed E-state index contributed by atoms with van der Waals surface area (Å²) < 4.78 is 5.50. The van der Waals surface area contributed by atoms with Crippen molar-refractivity contribution >= 4 is 6.09 Å². The molecule has 0 radical (unpaired) electrons. The van der Waals surface area contributed by atoms with Gasteiger partial charge in [-0.25, -0.2) is 4.79 Å². The van der Waals surface area contributed by atoms with Crippen LogP contribution in [-0.4, -0.2) is 66.8 Å². The maximum absolute atomic E-state index is 12.2. The standard InChI is InChI=1S/C16H31N3O2/c1-16(2,3)21-15(20)19-10-6-8-14(19)12-17-11-13-7-5-9-18(13)4/h13-14,17H,5-12H2,1-4H3. The van der Waals surface area contributed by atoms with Crippen molar-refractivity contribution in [2.75, 3.05) is 33.2 Å². The maximum Gasteiger partial charge on any atom is 0.410 e. The average Bonchev–Trinajstić information content (AvgIpc) is 2.97. The molecule has 0 aliphatic carbocycles. The minimum absolute atomic E-state index is 0.162. The predicted octanol–water partition coefficient (Wildman–Crippen LogP) is 2.07. The smallest absolute Gasteiger partial charge is 0.410 e. The Hall–Kier alpha value is -0.810. The van der Waals surface area contributed by atoms with Gasteiger partial charge in [0.2, 0.25) is 0 Å². The van der Waals surface area contributed by atoms with E-state index in [0.29, 0.717) is 6.04 Å². The molecule has 2 aliphatic heterocycles. The third-order valence-corrected chi connectivity index (χ3v) is 4.44. The van der Waals surface area contributed by atoms with Crippen molar-refractivity contribution in [3.63, 3.8) is 0 Å². The highest BCUT2D eigenvalue weighted by Crippen LogP contribution is 2.20. The van der Waals surface area contributed by atoms with Gasteiger partial charge in [0.1, 0.15) is 5.60 Å². The number of amides is 1. The molecule has 0 aromatic heterocycles. The Kier molecular flexibility index (Phi) is 5.49. The first-order valence-electron chi connectivity index (χ1n) is 8.27. The van der Waals surface area contributed by atoms with Crippen molar-refractivity contribution in [3.05, 3.63) is 0 Å². The minimum Gasteiger partial charge on any atom is -0.444 e. The topological polar surface area (TPSA) is 44.8 Å². The first-order valence-corrected chi connectivity index (χ1v) is 8.27. The zero-order valence-corrected chi connectivity index (χ0v) is 14.0. The molecule has 0 aromatic carbocycles. The summed E-state index contributed by atoms with van der Waals surface area (Å²) in [6.45, 7) is 9.70. The number of likely N-dealkylation sites (N-methyl/N-ethyl adjacent to an activating group) is 1. The summed E-state index contributed by atoms with van der Waals surface area (Å²) >= 11 is 0. The van der Waals surface area contributed by atoms with Gasteiger partial charge in [0.25, 0.3) is 0 Å². The molecule has 2 rings (SSSR count). The van der Waals surface area contributed by atoms with Crippen molar-refractivity contribution in [2.45, 2.75) is 64.1 Å². The molecule has 0 aromatic rings. The van der Waals surface area contributed by atoms with Gasteiger partial charge < -0.3 is 19.9 Å².